The third-order valence-corrected chi connectivity index (χ3v) is 2.23. The predicted octanol–water partition coefficient (Wildman–Crippen LogP) is 2.16. The number of carbonyl (C=O) groups is 1. The Kier molecular flexibility index (Phi) is 5.49. The van der Waals surface area contributed by atoms with Crippen LogP contribution in [0.2, 0.25) is 0 Å². The summed E-state index contributed by atoms with van der Waals surface area (Å²) in [4.78, 5) is 11.2. The Hall–Kier alpha value is -1.55. The molecule has 0 amide bonds. The van der Waals surface area contributed by atoms with Gasteiger partial charge in [-0.05, 0) is 19.9 Å². The monoisotopic (exact) mass is 238 g/mol. The van der Waals surface area contributed by atoms with Crippen LogP contribution >= 0.6 is 0 Å². The number of ether oxygens (including phenoxy) is 3. The number of hydrogen-bond donors (Lipinski definition) is 0. The average Bonchev–Trinajstić information content (AvgIpc) is 2.31. The van der Waals surface area contributed by atoms with Crippen LogP contribution in [0.4, 0.5) is 0 Å². The molecule has 0 aliphatic rings. The van der Waals surface area contributed by atoms with Gasteiger partial charge < -0.3 is 14.2 Å². The minimum Gasteiger partial charge on any atom is -0.469 e. The van der Waals surface area contributed by atoms with Crippen LogP contribution < -0.4 is 4.74 Å². The van der Waals surface area contributed by atoms with E-state index in [-0.39, 0.29) is 18.7 Å². The molecule has 0 spiro atoms. The summed E-state index contributed by atoms with van der Waals surface area (Å²) in [5.74, 6) is 0.365. The van der Waals surface area contributed by atoms with E-state index >= 15 is 0 Å². The zero-order valence-corrected chi connectivity index (χ0v) is 10.4. The average molecular weight is 238 g/mol. The normalized spacial score (nSPS) is 11.9. The van der Waals surface area contributed by atoms with Gasteiger partial charge in [-0.2, -0.15) is 0 Å². The van der Waals surface area contributed by atoms with Crippen molar-refractivity contribution in [2.24, 2.45) is 0 Å². The Morgan fingerprint density at radius 1 is 1.35 bits per heavy atom. The standard InChI is InChI=1S/C13H18O4/c1-4-16-10(2)17-12-8-6-5-7-11(12)9-13(14)15-3/h5-8,10H,4,9H2,1-3H3. The summed E-state index contributed by atoms with van der Waals surface area (Å²) in [6.07, 6.45) is -0.135. The summed E-state index contributed by atoms with van der Waals surface area (Å²) in [7, 11) is 1.37. The minimum atomic E-state index is -0.334. The molecule has 94 valence electrons. The van der Waals surface area contributed by atoms with E-state index in [1.807, 2.05) is 38.1 Å². The zero-order chi connectivity index (χ0) is 12.7. The molecule has 1 atom stereocenters. The number of esters is 1. The maximum absolute atomic E-state index is 11.2. The summed E-state index contributed by atoms with van der Waals surface area (Å²) in [6.45, 7) is 4.30. The fourth-order valence-corrected chi connectivity index (χ4v) is 1.44. The molecule has 0 heterocycles. The third kappa shape index (κ3) is 4.44. The number of rotatable bonds is 6. The second-order valence-electron chi connectivity index (χ2n) is 3.50. The lowest BCUT2D eigenvalue weighted by molar-refractivity contribution is -0.139. The van der Waals surface area contributed by atoms with Crippen molar-refractivity contribution in [3.63, 3.8) is 0 Å². The largest absolute Gasteiger partial charge is 0.469 e. The third-order valence-electron chi connectivity index (χ3n) is 2.23. The SMILES string of the molecule is CCOC(C)Oc1ccccc1CC(=O)OC. The van der Waals surface area contributed by atoms with Crippen LogP contribution in [0.3, 0.4) is 0 Å². The van der Waals surface area contributed by atoms with Gasteiger partial charge in [-0.15, -0.1) is 0 Å². The van der Waals surface area contributed by atoms with Gasteiger partial charge in [0.05, 0.1) is 13.5 Å². The van der Waals surface area contributed by atoms with Crippen molar-refractivity contribution < 1.29 is 19.0 Å². The first-order chi connectivity index (χ1) is 8.17. The van der Waals surface area contributed by atoms with E-state index in [1.54, 1.807) is 0 Å². The number of benzene rings is 1. The molecule has 4 nitrogen and oxygen atoms in total. The smallest absolute Gasteiger partial charge is 0.310 e. The molecule has 1 aromatic rings. The molecule has 17 heavy (non-hydrogen) atoms. The van der Waals surface area contributed by atoms with E-state index in [1.165, 1.54) is 7.11 Å². The van der Waals surface area contributed by atoms with Gasteiger partial charge in [-0.25, -0.2) is 0 Å². The Morgan fingerprint density at radius 3 is 2.71 bits per heavy atom. The molecule has 0 fully saturated rings. The Bertz CT molecular complexity index is 362. The van der Waals surface area contributed by atoms with Crippen molar-refractivity contribution in [2.75, 3.05) is 13.7 Å². The van der Waals surface area contributed by atoms with Crippen molar-refractivity contribution >= 4 is 5.97 Å². The van der Waals surface area contributed by atoms with Crippen LogP contribution in [-0.4, -0.2) is 26.0 Å². The van der Waals surface area contributed by atoms with E-state index < -0.39 is 0 Å². The fraction of sp³-hybridized carbons (Fsp3) is 0.462. The van der Waals surface area contributed by atoms with Gasteiger partial charge in [0, 0.05) is 12.2 Å². The summed E-state index contributed by atoms with van der Waals surface area (Å²) in [6, 6.07) is 7.37. The summed E-state index contributed by atoms with van der Waals surface area (Å²) in [5.41, 5.74) is 0.797. The van der Waals surface area contributed by atoms with E-state index in [0.29, 0.717) is 12.4 Å². The molecule has 1 rings (SSSR count). The van der Waals surface area contributed by atoms with E-state index in [2.05, 4.69) is 4.74 Å². The van der Waals surface area contributed by atoms with Crippen molar-refractivity contribution in [1.82, 2.24) is 0 Å². The second-order valence-corrected chi connectivity index (χ2v) is 3.50. The van der Waals surface area contributed by atoms with Crippen LogP contribution in [0.5, 0.6) is 5.75 Å². The predicted molar refractivity (Wildman–Crippen MR) is 63.9 cm³/mol. The maximum atomic E-state index is 11.2. The lowest BCUT2D eigenvalue weighted by Crippen LogP contribution is -2.17. The molecule has 0 aromatic heterocycles. The molecule has 0 bridgehead atoms. The molecule has 0 aliphatic heterocycles. The molecule has 1 aromatic carbocycles. The number of methoxy groups -OCH3 is 1. The highest BCUT2D eigenvalue weighted by atomic mass is 16.7. The number of para-hydroxylation sites is 1. The Morgan fingerprint density at radius 2 is 2.06 bits per heavy atom. The molecule has 0 radical (unpaired) electrons. The van der Waals surface area contributed by atoms with Gasteiger partial charge >= 0.3 is 5.97 Å². The molecule has 0 saturated heterocycles. The highest BCUT2D eigenvalue weighted by Gasteiger charge is 2.11. The first-order valence-electron chi connectivity index (χ1n) is 5.60. The number of hydrogen-bond acceptors (Lipinski definition) is 4. The first kappa shape index (κ1) is 13.5. The Labute approximate surface area is 101 Å². The highest BCUT2D eigenvalue weighted by molar-refractivity contribution is 5.73. The van der Waals surface area contributed by atoms with Gasteiger partial charge in [-0.3, -0.25) is 4.79 Å². The van der Waals surface area contributed by atoms with Crippen LogP contribution in [-0.2, 0) is 20.7 Å². The molecular formula is C13H18O4. The molecule has 1 unspecified atom stereocenters. The fourth-order valence-electron chi connectivity index (χ4n) is 1.44. The van der Waals surface area contributed by atoms with Crippen molar-refractivity contribution in [3.8, 4) is 5.75 Å². The van der Waals surface area contributed by atoms with Gasteiger partial charge in [0.25, 0.3) is 0 Å². The minimum absolute atomic E-state index is 0.200. The van der Waals surface area contributed by atoms with Gasteiger partial charge in [0.15, 0.2) is 6.29 Å². The van der Waals surface area contributed by atoms with Crippen LogP contribution in [0.1, 0.15) is 19.4 Å². The number of carbonyl (C=O) groups excluding carboxylic acids is 1. The Balaban J connectivity index is 2.73. The van der Waals surface area contributed by atoms with Gasteiger partial charge in [0.1, 0.15) is 5.75 Å². The first-order valence-corrected chi connectivity index (χ1v) is 5.60. The van der Waals surface area contributed by atoms with E-state index in [9.17, 15) is 4.79 Å². The quantitative estimate of drug-likeness (QED) is 0.562. The topological polar surface area (TPSA) is 44.8 Å². The second kappa shape index (κ2) is 6.91. The molecule has 0 aliphatic carbocycles. The van der Waals surface area contributed by atoms with Crippen molar-refractivity contribution in [2.45, 2.75) is 26.6 Å². The van der Waals surface area contributed by atoms with E-state index in [4.69, 9.17) is 9.47 Å². The highest BCUT2D eigenvalue weighted by Crippen LogP contribution is 2.20. The molecular weight excluding hydrogens is 220 g/mol. The lowest BCUT2D eigenvalue weighted by Gasteiger charge is -2.16. The lowest BCUT2D eigenvalue weighted by atomic mass is 10.1. The van der Waals surface area contributed by atoms with Crippen LogP contribution in [0.15, 0.2) is 24.3 Å². The molecule has 0 saturated carbocycles. The van der Waals surface area contributed by atoms with Crippen molar-refractivity contribution in [1.29, 1.82) is 0 Å². The van der Waals surface area contributed by atoms with Gasteiger partial charge in [-0.1, -0.05) is 18.2 Å². The van der Waals surface area contributed by atoms with Crippen LogP contribution in [0.25, 0.3) is 0 Å². The molecule has 0 N–H and O–H groups in total. The van der Waals surface area contributed by atoms with E-state index in [0.717, 1.165) is 5.56 Å². The zero-order valence-electron chi connectivity index (χ0n) is 10.4. The summed E-state index contributed by atoms with van der Waals surface area (Å²) >= 11 is 0. The van der Waals surface area contributed by atoms with Crippen molar-refractivity contribution in [3.05, 3.63) is 29.8 Å². The maximum Gasteiger partial charge on any atom is 0.310 e. The molecule has 4 heteroatoms. The van der Waals surface area contributed by atoms with Crippen LogP contribution in [0, 0.1) is 0 Å². The van der Waals surface area contributed by atoms with Gasteiger partial charge in [0.2, 0.25) is 0 Å². The summed E-state index contributed by atoms with van der Waals surface area (Å²) < 4.78 is 15.5. The summed E-state index contributed by atoms with van der Waals surface area (Å²) in [5, 5.41) is 0.